The first kappa shape index (κ1) is 13.7. The highest BCUT2D eigenvalue weighted by molar-refractivity contribution is 5.79. The molecule has 0 fully saturated rings. The molecular weight excluding hydrogens is 196 g/mol. The van der Waals surface area contributed by atoms with E-state index in [9.17, 15) is 9.59 Å². The maximum atomic E-state index is 11.1. The number of hydrogen-bond donors (Lipinski definition) is 2. The summed E-state index contributed by atoms with van der Waals surface area (Å²) in [6.45, 7) is 9.53. The monoisotopic (exact) mass is 215 g/mol. The molecule has 87 valence electrons. The Balaban J connectivity index is 3.44. The van der Waals surface area contributed by atoms with Gasteiger partial charge in [0.1, 0.15) is 5.60 Å². The minimum Gasteiger partial charge on any atom is -0.444 e. The molecule has 5 heteroatoms. The predicted octanol–water partition coefficient (Wildman–Crippen LogP) is 0.851. The zero-order valence-corrected chi connectivity index (χ0v) is 9.55. The van der Waals surface area contributed by atoms with E-state index in [4.69, 9.17) is 4.74 Å². The van der Waals surface area contributed by atoms with Gasteiger partial charge in [0.05, 0.1) is 0 Å². The zero-order chi connectivity index (χ0) is 11.9. The van der Waals surface area contributed by atoms with Crippen LogP contribution in [-0.4, -0.2) is 30.7 Å². The van der Waals surface area contributed by atoms with Gasteiger partial charge in [0.15, 0.2) is 0 Å². The number of carbonyl (C=O) groups excluding carboxylic acids is 2. The first-order valence-corrected chi connectivity index (χ1v) is 4.88. The molecule has 0 spiro atoms. The highest BCUT2D eigenvalue weighted by Gasteiger charge is 2.15. The van der Waals surface area contributed by atoms with Crippen molar-refractivity contribution in [2.75, 3.05) is 13.1 Å². The second-order valence-electron chi connectivity index (χ2n) is 4.13. The van der Waals surface area contributed by atoms with Crippen molar-refractivity contribution < 1.29 is 14.3 Å². The average molecular weight is 215 g/mol. The van der Waals surface area contributed by atoms with Crippen LogP contribution in [0.2, 0.25) is 0 Å². The normalized spacial score (nSPS) is 10.7. The molecule has 5 nitrogen and oxygen atoms in total. The Kier molecular flexibility index (Phi) is 5.74. The third-order valence-corrected chi connectivity index (χ3v) is 1.34. The minimum atomic E-state index is -0.481. The van der Waals surface area contributed by atoms with Crippen molar-refractivity contribution in [3.8, 4) is 0 Å². The molecule has 1 radical (unpaired) electrons. The number of amides is 2. The summed E-state index contributed by atoms with van der Waals surface area (Å²) in [5.74, 6) is -0.313. The van der Waals surface area contributed by atoms with Crippen molar-refractivity contribution in [1.82, 2.24) is 10.6 Å². The van der Waals surface area contributed by atoms with E-state index in [-0.39, 0.29) is 5.91 Å². The molecule has 2 amide bonds. The Bertz CT molecular complexity index is 221. The Morgan fingerprint density at radius 3 is 2.20 bits per heavy atom. The van der Waals surface area contributed by atoms with Gasteiger partial charge < -0.3 is 15.4 Å². The Hall–Kier alpha value is -1.26. The molecule has 0 bridgehead atoms. The fourth-order valence-corrected chi connectivity index (χ4v) is 0.821. The van der Waals surface area contributed by atoms with E-state index in [0.717, 1.165) is 0 Å². The lowest BCUT2D eigenvalue weighted by molar-refractivity contribution is -0.116. The molecule has 0 aromatic heterocycles. The van der Waals surface area contributed by atoms with Crippen LogP contribution >= 0.6 is 0 Å². The summed E-state index contributed by atoms with van der Waals surface area (Å²) < 4.78 is 5.02. The van der Waals surface area contributed by atoms with Crippen LogP contribution in [0.25, 0.3) is 0 Å². The van der Waals surface area contributed by atoms with Crippen molar-refractivity contribution in [2.24, 2.45) is 0 Å². The van der Waals surface area contributed by atoms with E-state index < -0.39 is 11.7 Å². The summed E-state index contributed by atoms with van der Waals surface area (Å²) in [7, 11) is 0. The summed E-state index contributed by atoms with van der Waals surface area (Å²) in [6, 6.07) is 0. The SMILES string of the molecule is [CH2]C(=O)NCCCNC(=O)OC(C)(C)C. The molecule has 0 rings (SSSR count). The number of nitrogens with one attached hydrogen (secondary N) is 2. The summed E-state index contributed by atoms with van der Waals surface area (Å²) in [6.07, 6.45) is 0.212. The van der Waals surface area contributed by atoms with Gasteiger partial charge in [-0.1, -0.05) is 0 Å². The third-order valence-electron chi connectivity index (χ3n) is 1.34. The standard InChI is InChI=1S/C10H19N2O3/c1-8(13)11-6-5-7-12-9(14)15-10(2,3)4/h1,5-7H2,2-4H3,(H,11,13)(H,12,14). The van der Waals surface area contributed by atoms with Crippen molar-refractivity contribution in [1.29, 1.82) is 0 Å². The van der Waals surface area contributed by atoms with Crippen molar-refractivity contribution >= 4 is 12.0 Å². The van der Waals surface area contributed by atoms with Crippen LogP contribution in [0.4, 0.5) is 4.79 Å². The molecule has 2 N–H and O–H groups in total. The molecular formula is C10H19N2O3. The zero-order valence-electron chi connectivity index (χ0n) is 9.55. The van der Waals surface area contributed by atoms with Gasteiger partial charge >= 0.3 is 6.09 Å². The fourth-order valence-electron chi connectivity index (χ4n) is 0.821. The van der Waals surface area contributed by atoms with Crippen LogP contribution < -0.4 is 10.6 Å². The minimum absolute atomic E-state index is 0.313. The van der Waals surface area contributed by atoms with Gasteiger partial charge in [-0.3, -0.25) is 4.79 Å². The lowest BCUT2D eigenvalue weighted by Crippen LogP contribution is -2.34. The molecule has 0 aliphatic rings. The summed E-state index contributed by atoms with van der Waals surface area (Å²) in [5, 5.41) is 5.11. The predicted molar refractivity (Wildman–Crippen MR) is 57.2 cm³/mol. The van der Waals surface area contributed by atoms with Crippen LogP contribution in [0.1, 0.15) is 27.2 Å². The van der Waals surface area contributed by atoms with Gasteiger partial charge in [-0.25, -0.2) is 4.79 Å². The Morgan fingerprint density at radius 1 is 1.20 bits per heavy atom. The van der Waals surface area contributed by atoms with Gasteiger partial charge in [-0.05, 0) is 27.2 Å². The van der Waals surface area contributed by atoms with Gasteiger partial charge in [0.25, 0.3) is 0 Å². The largest absolute Gasteiger partial charge is 0.444 e. The highest BCUT2D eigenvalue weighted by atomic mass is 16.6. The molecule has 0 aliphatic carbocycles. The second-order valence-corrected chi connectivity index (χ2v) is 4.13. The van der Waals surface area contributed by atoms with Crippen LogP contribution in [0.5, 0.6) is 0 Å². The number of hydrogen-bond acceptors (Lipinski definition) is 3. The molecule has 0 saturated heterocycles. The van der Waals surface area contributed by atoms with Crippen molar-refractivity contribution in [3.05, 3.63) is 6.92 Å². The molecule has 0 saturated carbocycles. The maximum Gasteiger partial charge on any atom is 0.407 e. The van der Waals surface area contributed by atoms with Gasteiger partial charge in [0, 0.05) is 20.0 Å². The van der Waals surface area contributed by atoms with Crippen molar-refractivity contribution in [2.45, 2.75) is 32.8 Å². The molecule has 0 atom stereocenters. The number of alkyl carbamates (subject to hydrolysis) is 1. The molecule has 15 heavy (non-hydrogen) atoms. The average Bonchev–Trinajstić information content (AvgIpc) is 1.99. The molecule has 0 aliphatic heterocycles. The molecule has 0 heterocycles. The molecule has 0 unspecified atom stereocenters. The van der Waals surface area contributed by atoms with Crippen LogP contribution in [0, 0.1) is 6.92 Å². The van der Waals surface area contributed by atoms with Crippen LogP contribution in [0.15, 0.2) is 0 Å². The second kappa shape index (κ2) is 6.27. The number of ether oxygens (including phenoxy) is 1. The lowest BCUT2D eigenvalue weighted by Gasteiger charge is -2.19. The summed E-state index contributed by atoms with van der Waals surface area (Å²) >= 11 is 0. The molecule has 0 aromatic carbocycles. The van der Waals surface area contributed by atoms with E-state index in [1.807, 2.05) is 0 Å². The van der Waals surface area contributed by atoms with Gasteiger partial charge in [-0.15, -0.1) is 0 Å². The van der Waals surface area contributed by atoms with Crippen molar-refractivity contribution in [3.63, 3.8) is 0 Å². The molecule has 0 aromatic rings. The summed E-state index contributed by atoms with van der Waals surface area (Å²) in [4.78, 5) is 21.5. The van der Waals surface area contributed by atoms with E-state index in [2.05, 4.69) is 17.6 Å². The first-order chi connectivity index (χ1) is 6.81. The van der Waals surface area contributed by atoms with Gasteiger partial charge in [-0.2, -0.15) is 0 Å². The smallest absolute Gasteiger partial charge is 0.407 e. The van der Waals surface area contributed by atoms with E-state index in [0.29, 0.717) is 19.5 Å². The maximum absolute atomic E-state index is 11.1. The quantitative estimate of drug-likeness (QED) is 0.683. The highest BCUT2D eigenvalue weighted by Crippen LogP contribution is 2.06. The Labute approximate surface area is 90.6 Å². The number of carbonyl (C=O) groups is 2. The van der Waals surface area contributed by atoms with E-state index in [1.165, 1.54) is 0 Å². The Morgan fingerprint density at radius 2 is 1.73 bits per heavy atom. The van der Waals surface area contributed by atoms with E-state index in [1.54, 1.807) is 20.8 Å². The fraction of sp³-hybridized carbons (Fsp3) is 0.700. The lowest BCUT2D eigenvalue weighted by atomic mass is 10.2. The third kappa shape index (κ3) is 10.7. The van der Waals surface area contributed by atoms with Crippen LogP contribution in [0.3, 0.4) is 0 Å². The summed E-state index contributed by atoms with van der Waals surface area (Å²) in [5.41, 5.74) is -0.481. The van der Waals surface area contributed by atoms with Gasteiger partial charge in [0.2, 0.25) is 5.91 Å². The topological polar surface area (TPSA) is 67.4 Å². The first-order valence-electron chi connectivity index (χ1n) is 4.88. The number of rotatable bonds is 4. The van der Waals surface area contributed by atoms with Crippen LogP contribution in [-0.2, 0) is 9.53 Å². The van der Waals surface area contributed by atoms with E-state index >= 15 is 0 Å².